The summed E-state index contributed by atoms with van der Waals surface area (Å²) in [4.78, 5) is 2.18. The third-order valence-corrected chi connectivity index (χ3v) is 3.99. The number of hydrogen-bond acceptors (Lipinski definition) is 1. The van der Waals surface area contributed by atoms with Gasteiger partial charge in [-0.15, -0.1) is 0 Å². The van der Waals surface area contributed by atoms with E-state index in [1.807, 2.05) is 0 Å². The third-order valence-electron chi connectivity index (χ3n) is 3.99. The molecule has 0 amide bonds. The van der Waals surface area contributed by atoms with Crippen LogP contribution in [-0.2, 0) is 6.42 Å². The molecule has 106 valence electrons. The van der Waals surface area contributed by atoms with Crippen molar-refractivity contribution in [2.45, 2.75) is 13.3 Å². The van der Waals surface area contributed by atoms with Crippen LogP contribution in [0.4, 0.5) is 5.69 Å². The fourth-order valence-electron chi connectivity index (χ4n) is 2.82. The van der Waals surface area contributed by atoms with E-state index in [9.17, 15) is 0 Å². The number of rotatable bonds is 3. The molecule has 1 nitrogen and oxygen atoms in total. The minimum absolute atomic E-state index is 0.981. The topological polar surface area (TPSA) is 3.24 Å². The summed E-state index contributed by atoms with van der Waals surface area (Å²) < 4.78 is 0. The normalized spacial score (nSPS) is 10.8. The Morgan fingerprint density at radius 2 is 1.43 bits per heavy atom. The van der Waals surface area contributed by atoms with Gasteiger partial charge in [-0.2, -0.15) is 0 Å². The number of hydrogen-bond donors (Lipinski definition) is 0. The summed E-state index contributed by atoms with van der Waals surface area (Å²) in [6.45, 7) is 2.13. The van der Waals surface area contributed by atoms with Gasteiger partial charge < -0.3 is 4.90 Å². The Bertz CT molecular complexity index is 754. The molecule has 0 radical (unpaired) electrons. The number of nitrogens with zero attached hydrogens (tertiary/aromatic N) is 1. The van der Waals surface area contributed by atoms with E-state index in [1.165, 1.54) is 33.2 Å². The summed E-state index contributed by atoms with van der Waals surface area (Å²) in [5, 5.41) is 2.68. The van der Waals surface area contributed by atoms with E-state index in [4.69, 9.17) is 0 Å². The summed E-state index contributed by atoms with van der Waals surface area (Å²) in [7, 11) is 4.20. The van der Waals surface area contributed by atoms with Crippen molar-refractivity contribution >= 4 is 16.5 Å². The highest BCUT2D eigenvalue weighted by atomic mass is 15.1. The average molecular weight is 275 g/mol. The summed E-state index contributed by atoms with van der Waals surface area (Å²) in [5.41, 5.74) is 5.34. The molecule has 0 aliphatic carbocycles. The van der Waals surface area contributed by atoms with Gasteiger partial charge in [-0.3, -0.25) is 0 Å². The molecular weight excluding hydrogens is 254 g/mol. The molecule has 0 heterocycles. The summed E-state index contributed by atoms with van der Waals surface area (Å²) in [6, 6.07) is 22.0. The van der Waals surface area contributed by atoms with Crippen molar-refractivity contribution in [2.75, 3.05) is 19.0 Å². The third kappa shape index (κ3) is 2.78. The molecule has 0 atom stereocenters. The van der Waals surface area contributed by atoms with E-state index < -0.39 is 0 Å². The molecule has 0 saturated carbocycles. The lowest BCUT2D eigenvalue weighted by Gasteiger charge is -2.17. The van der Waals surface area contributed by atoms with E-state index in [0.717, 1.165) is 6.42 Å². The molecule has 0 aromatic heterocycles. The Balaban J connectivity index is 2.07. The minimum atomic E-state index is 0.981. The zero-order chi connectivity index (χ0) is 14.8. The quantitative estimate of drug-likeness (QED) is 0.663. The summed E-state index contributed by atoms with van der Waals surface area (Å²) >= 11 is 0. The fraction of sp³-hybridized carbons (Fsp3) is 0.200. The van der Waals surface area contributed by atoms with Gasteiger partial charge in [0, 0.05) is 25.2 Å². The molecule has 0 aliphatic rings. The Morgan fingerprint density at radius 3 is 2.10 bits per heavy atom. The highest BCUT2D eigenvalue weighted by molar-refractivity contribution is 5.96. The van der Waals surface area contributed by atoms with Gasteiger partial charge in [0.05, 0.1) is 0 Å². The van der Waals surface area contributed by atoms with Gasteiger partial charge in [-0.25, -0.2) is 0 Å². The first-order valence-electron chi connectivity index (χ1n) is 7.38. The molecule has 3 aromatic carbocycles. The predicted octanol–water partition coefficient (Wildman–Crippen LogP) is 4.81. The lowest BCUT2D eigenvalue weighted by Crippen LogP contribution is -2.09. The van der Waals surface area contributed by atoms with Gasteiger partial charge in [-0.05, 0) is 35.9 Å². The molecule has 3 aromatic rings. The molecule has 0 fully saturated rings. The van der Waals surface area contributed by atoms with Crippen molar-refractivity contribution < 1.29 is 0 Å². The molecule has 0 spiro atoms. The molecule has 0 bridgehead atoms. The lowest BCUT2D eigenvalue weighted by atomic mass is 9.97. The first-order valence-corrected chi connectivity index (χ1v) is 7.38. The molecule has 0 saturated heterocycles. The van der Waals surface area contributed by atoms with Crippen molar-refractivity contribution in [3.63, 3.8) is 0 Å². The van der Waals surface area contributed by atoms with Crippen LogP contribution in [0.3, 0.4) is 0 Å². The van der Waals surface area contributed by atoms with Gasteiger partial charge in [0.25, 0.3) is 0 Å². The molecule has 0 aliphatic heterocycles. The maximum atomic E-state index is 2.26. The second-order valence-corrected chi connectivity index (χ2v) is 5.85. The van der Waals surface area contributed by atoms with Gasteiger partial charge in [0.1, 0.15) is 0 Å². The first kappa shape index (κ1) is 13.7. The maximum Gasteiger partial charge on any atom is 0.0440 e. The Hall–Kier alpha value is -2.28. The number of anilines is 1. The van der Waals surface area contributed by atoms with E-state index in [0.29, 0.717) is 0 Å². The summed E-state index contributed by atoms with van der Waals surface area (Å²) in [5.74, 6) is 0. The molecule has 0 N–H and O–H groups in total. The van der Waals surface area contributed by atoms with E-state index in [1.54, 1.807) is 0 Å². The Kier molecular flexibility index (Phi) is 3.66. The standard InChI is InChI=1S/C20H21N/c1-15-8-10-16(11-9-15)14-17-12-13-20(21(2)3)19-7-5-4-6-18(17)19/h4-13H,14H2,1-3H3. The predicted molar refractivity (Wildman–Crippen MR) is 92.3 cm³/mol. The van der Waals surface area contributed by atoms with Crippen molar-refractivity contribution in [3.05, 3.63) is 77.4 Å². The van der Waals surface area contributed by atoms with Gasteiger partial charge in [-0.1, -0.05) is 60.2 Å². The Labute approximate surface area is 126 Å². The molecule has 1 heteroatoms. The Morgan fingerprint density at radius 1 is 0.762 bits per heavy atom. The van der Waals surface area contributed by atoms with Crippen molar-refractivity contribution in [1.82, 2.24) is 0 Å². The molecule has 0 unspecified atom stereocenters. The van der Waals surface area contributed by atoms with E-state index >= 15 is 0 Å². The van der Waals surface area contributed by atoms with Crippen LogP contribution >= 0.6 is 0 Å². The van der Waals surface area contributed by atoms with Crippen molar-refractivity contribution in [1.29, 1.82) is 0 Å². The SMILES string of the molecule is Cc1ccc(Cc2ccc(N(C)C)c3ccccc23)cc1. The van der Waals surface area contributed by atoms with Crippen molar-refractivity contribution in [3.8, 4) is 0 Å². The second-order valence-electron chi connectivity index (χ2n) is 5.85. The summed E-state index contributed by atoms with van der Waals surface area (Å²) in [6.07, 6.45) is 0.981. The highest BCUT2D eigenvalue weighted by Gasteiger charge is 2.07. The van der Waals surface area contributed by atoms with Gasteiger partial charge in [0.15, 0.2) is 0 Å². The molecule has 3 rings (SSSR count). The van der Waals surface area contributed by atoms with Crippen LogP contribution in [0.5, 0.6) is 0 Å². The van der Waals surface area contributed by atoms with Gasteiger partial charge in [0.2, 0.25) is 0 Å². The van der Waals surface area contributed by atoms with Crippen LogP contribution in [0.2, 0.25) is 0 Å². The smallest absolute Gasteiger partial charge is 0.0440 e. The number of benzene rings is 3. The number of fused-ring (bicyclic) bond motifs is 1. The monoisotopic (exact) mass is 275 g/mol. The average Bonchev–Trinajstić information content (AvgIpc) is 2.49. The highest BCUT2D eigenvalue weighted by Crippen LogP contribution is 2.29. The largest absolute Gasteiger partial charge is 0.377 e. The van der Waals surface area contributed by atoms with Crippen LogP contribution in [0.1, 0.15) is 16.7 Å². The van der Waals surface area contributed by atoms with E-state index in [-0.39, 0.29) is 0 Å². The van der Waals surface area contributed by atoms with Crippen molar-refractivity contribution in [2.24, 2.45) is 0 Å². The zero-order valence-electron chi connectivity index (χ0n) is 12.9. The number of aryl methyl sites for hydroxylation is 1. The maximum absolute atomic E-state index is 2.26. The van der Waals surface area contributed by atoms with Gasteiger partial charge >= 0.3 is 0 Å². The van der Waals surface area contributed by atoms with Crippen LogP contribution < -0.4 is 4.90 Å². The van der Waals surface area contributed by atoms with Crippen LogP contribution in [0, 0.1) is 6.92 Å². The van der Waals surface area contributed by atoms with Crippen LogP contribution in [0.25, 0.3) is 10.8 Å². The fourth-order valence-corrected chi connectivity index (χ4v) is 2.82. The lowest BCUT2D eigenvalue weighted by molar-refractivity contribution is 1.14. The minimum Gasteiger partial charge on any atom is -0.377 e. The molecule has 21 heavy (non-hydrogen) atoms. The van der Waals surface area contributed by atoms with E-state index in [2.05, 4.69) is 86.6 Å². The molecular formula is C20H21N. The first-order chi connectivity index (χ1) is 10.1. The zero-order valence-corrected chi connectivity index (χ0v) is 12.9. The second kappa shape index (κ2) is 5.61. The van der Waals surface area contributed by atoms with Crippen LogP contribution in [-0.4, -0.2) is 14.1 Å². The van der Waals surface area contributed by atoms with Crippen LogP contribution in [0.15, 0.2) is 60.7 Å².